The zero-order chi connectivity index (χ0) is 20.5. The Morgan fingerprint density at radius 3 is 2.61 bits per heavy atom. The van der Waals surface area contributed by atoms with Gasteiger partial charge in [-0.2, -0.15) is 0 Å². The van der Waals surface area contributed by atoms with Crippen LogP contribution in [0.3, 0.4) is 0 Å². The third-order valence-electron chi connectivity index (χ3n) is 3.84. The molecule has 0 saturated carbocycles. The van der Waals surface area contributed by atoms with Crippen molar-refractivity contribution in [3.63, 3.8) is 0 Å². The largest absolute Gasteiger partial charge is 0.466 e. The van der Waals surface area contributed by atoms with Crippen molar-refractivity contribution < 1.29 is 28.7 Å². The van der Waals surface area contributed by atoms with Crippen molar-refractivity contribution in [1.29, 1.82) is 0 Å². The fraction of sp³-hybridized carbons (Fsp3) is 0.368. The predicted octanol–water partition coefficient (Wildman–Crippen LogP) is 1.46. The van der Waals surface area contributed by atoms with Gasteiger partial charge in [0.05, 0.1) is 36.1 Å². The number of nitrogens with one attached hydrogen (secondary N) is 1. The van der Waals surface area contributed by atoms with Gasteiger partial charge in [-0.3, -0.25) is 9.59 Å². The van der Waals surface area contributed by atoms with Gasteiger partial charge in [0.2, 0.25) is 11.8 Å². The lowest BCUT2D eigenvalue weighted by molar-refractivity contribution is -0.135. The van der Waals surface area contributed by atoms with Gasteiger partial charge in [-0.15, -0.1) is 0 Å². The molecule has 0 aromatic heterocycles. The van der Waals surface area contributed by atoms with E-state index in [4.69, 9.17) is 4.74 Å². The lowest BCUT2D eigenvalue weighted by Crippen LogP contribution is -2.27. The van der Waals surface area contributed by atoms with Crippen LogP contribution in [-0.2, 0) is 30.4 Å². The van der Waals surface area contributed by atoms with Crippen molar-refractivity contribution >= 4 is 35.5 Å². The number of thioether (sulfide) groups is 1. The van der Waals surface area contributed by atoms with Crippen LogP contribution in [0, 0.1) is 0 Å². The smallest absolute Gasteiger partial charge is 0.338 e. The Bertz CT molecular complexity index is 775. The highest BCUT2D eigenvalue weighted by atomic mass is 32.2. The van der Waals surface area contributed by atoms with Crippen LogP contribution in [0.5, 0.6) is 0 Å². The first-order chi connectivity index (χ1) is 13.4. The Morgan fingerprint density at radius 2 is 1.96 bits per heavy atom. The highest BCUT2D eigenvalue weighted by Gasteiger charge is 2.27. The SMILES string of the molecule is COC(=O)/C=C1/SCC(=O)N1CCCOC(=O)c1ccc(CNC(C)=O)cc1. The van der Waals surface area contributed by atoms with Crippen molar-refractivity contribution in [3.8, 4) is 0 Å². The molecule has 0 unspecified atom stereocenters. The molecule has 0 aliphatic carbocycles. The maximum Gasteiger partial charge on any atom is 0.338 e. The van der Waals surface area contributed by atoms with E-state index >= 15 is 0 Å². The summed E-state index contributed by atoms with van der Waals surface area (Å²) in [6.07, 6.45) is 1.72. The number of nitrogens with zero attached hydrogens (tertiary/aromatic N) is 1. The lowest BCUT2D eigenvalue weighted by atomic mass is 10.1. The summed E-state index contributed by atoms with van der Waals surface area (Å²) in [5, 5.41) is 3.22. The number of carbonyl (C=O) groups excluding carboxylic acids is 4. The summed E-state index contributed by atoms with van der Waals surface area (Å²) < 4.78 is 9.81. The van der Waals surface area contributed by atoms with Crippen molar-refractivity contribution in [1.82, 2.24) is 10.2 Å². The molecule has 9 heteroatoms. The quantitative estimate of drug-likeness (QED) is 0.396. The molecule has 1 aliphatic heterocycles. The van der Waals surface area contributed by atoms with Crippen molar-refractivity contribution in [2.24, 2.45) is 0 Å². The van der Waals surface area contributed by atoms with E-state index < -0.39 is 11.9 Å². The molecule has 2 rings (SSSR count). The molecule has 0 spiro atoms. The minimum Gasteiger partial charge on any atom is -0.466 e. The number of benzene rings is 1. The van der Waals surface area contributed by atoms with Gasteiger partial charge < -0.3 is 19.7 Å². The van der Waals surface area contributed by atoms with Crippen LogP contribution in [0.15, 0.2) is 35.4 Å². The summed E-state index contributed by atoms with van der Waals surface area (Å²) in [6, 6.07) is 6.77. The highest BCUT2D eigenvalue weighted by molar-refractivity contribution is 8.04. The summed E-state index contributed by atoms with van der Waals surface area (Å²) in [6.45, 7) is 2.33. The van der Waals surface area contributed by atoms with E-state index in [0.717, 1.165) is 5.56 Å². The number of amides is 2. The van der Waals surface area contributed by atoms with E-state index in [2.05, 4.69) is 10.1 Å². The second kappa shape index (κ2) is 10.5. The summed E-state index contributed by atoms with van der Waals surface area (Å²) in [5.41, 5.74) is 1.28. The molecule has 8 nitrogen and oxygen atoms in total. The Labute approximate surface area is 167 Å². The molecule has 150 valence electrons. The molecule has 1 heterocycles. The molecule has 1 fully saturated rings. The number of methoxy groups -OCH3 is 1. The summed E-state index contributed by atoms with van der Waals surface area (Å²) >= 11 is 1.27. The van der Waals surface area contributed by atoms with Gasteiger partial charge in [0, 0.05) is 20.0 Å². The number of carbonyl (C=O) groups is 4. The first-order valence-corrected chi connectivity index (χ1v) is 9.62. The van der Waals surface area contributed by atoms with Gasteiger partial charge >= 0.3 is 11.9 Å². The van der Waals surface area contributed by atoms with Gasteiger partial charge in [0.25, 0.3) is 0 Å². The fourth-order valence-electron chi connectivity index (χ4n) is 2.38. The van der Waals surface area contributed by atoms with Gasteiger partial charge in [-0.05, 0) is 24.1 Å². The molecule has 2 amide bonds. The zero-order valence-corrected chi connectivity index (χ0v) is 16.5. The van der Waals surface area contributed by atoms with E-state index in [0.29, 0.717) is 30.1 Å². The number of ether oxygens (including phenoxy) is 2. The van der Waals surface area contributed by atoms with E-state index in [1.165, 1.54) is 36.8 Å². The van der Waals surface area contributed by atoms with Gasteiger partial charge in [-0.1, -0.05) is 23.9 Å². The molecule has 0 bridgehead atoms. The molecular formula is C19H22N2O6S. The summed E-state index contributed by atoms with van der Waals surface area (Å²) in [7, 11) is 1.27. The maximum absolute atomic E-state index is 12.1. The molecule has 1 aromatic rings. The van der Waals surface area contributed by atoms with Crippen LogP contribution >= 0.6 is 11.8 Å². The summed E-state index contributed by atoms with van der Waals surface area (Å²) in [5.74, 6) is -0.925. The molecule has 1 aliphatic rings. The van der Waals surface area contributed by atoms with Crippen LogP contribution in [0.2, 0.25) is 0 Å². The minimum atomic E-state index is -0.518. The second-order valence-electron chi connectivity index (χ2n) is 5.94. The van der Waals surface area contributed by atoms with Gasteiger partial charge in [-0.25, -0.2) is 9.59 Å². The Hall–Kier alpha value is -2.81. The van der Waals surface area contributed by atoms with Crippen LogP contribution in [-0.4, -0.2) is 54.7 Å². The first kappa shape index (κ1) is 21.5. The van der Waals surface area contributed by atoms with E-state index in [-0.39, 0.29) is 24.2 Å². The highest BCUT2D eigenvalue weighted by Crippen LogP contribution is 2.28. The molecule has 28 heavy (non-hydrogen) atoms. The monoisotopic (exact) mass is 406 g/mol. The number of rotatable bonds is 8. The first-order valence-electron chi connectivity index (χ1n) is 8.64. The predicted molar refractivity (Wildman–Crippen MR) is 103 cm³/mol. The number of esters is 2. The van der Waals surface area contributed by atoms with E-state index in [1.54, 1.807) is 24.3 Å². The third kappa shape index (κ3) is 6.41. The zero-order valence-electron chi connectivity index (χ0n) is 15.7. The van der Waals surface area contributed by atoms with Crippen LogP contribution in [0.25, 0.3) is 0 Å². The van der Waals surface area contributed by atoms with Crippen molar-refractivity contribution in [2.45, 2.75) is 19.9 Å². The minimum absolute atomic E-state index is 0.0961. The van der Waals surface area contributed by atoms with Crippen LogP contribution in [0.1, 0.15) is 29.3 Å². The Balaban J connectivity index is 1.78. The second-order valence-corrected chi connectivity index (χ2v) is 6.93. The molecule has 1 saturated heterocycles. The van der Waals surface area contributed by atoms with Crippen LogP contribution < -0.4 is 5.32 Å². The van der Waals surface area contributed by atoms with Crippen LogP contribution in [0.4, 0.5) is 0 Å². The standard InChI is InChI=1S/C19H22N2O6S/c1-13(22)20-11-14-4-6-15(7-5-14)19(25)27-9-3-8-21-16(23)12-28-17(21)10-18(24)26-2/h4-7,10H,3,8-9,11-12H2,1-2H3,(H,20,22)/b17-10+. The number of hydrogen-bond acceptors (Lipinski definition) is 7. The lowest BCUT2D eigenvalue weighted by Gasteiger charge is -2.16. The molecule has 0 atom stereocenters. The molecule has 1 N–H and O–H groups in total. The van der Waals surface area contributed by atoms with Gasteiger partial charge in [0.15, 0.2) is 0 Å². The normalized spacial score (nSPS) is 14.9. The summed E-state index contributed by atoms with van der Waals surface area (Å²) in [4.78, 5) is 47.7. The average molecular weight is 406 g/mol. The van der Waals surface area contributed by atoms with Gasteiger partial charge in [0.1, 0.15) is 0 Å². The number of hydrogen-bond donors (Lipinski definition) is 1. The molecule has 1 aromatic carbocycles. The van der Waals surface area contributed by atoms with Crippen molar-refractivity contribution in [2.75, 3.05) is 26.0 Å². The Morgan fingerprint density at radius 1 is 1.25 bits per heavy atom. The fourth-order valence-corrected chi connectivity index (χ4v) is 3.34. The molecular weight excluding hydrogens is 384 g/mol. The van der Waals surface area contributed by atoms with E-state index in [9.17, 15) is 19.2 Å². The Kier molecular flexibility index (Phi) is 8.06. The topological polar surface area (TPSA) is 102 Å². The average Bonchev–Trinajstić information content (AvgIpc) is 3.03. The maximum atomic E-state index is 12.1. The third-order valence-corrected chi connectivity index (χ3v) is 4.87. The van der Waals surface area contributed by atoms with Crippen molar-refractivity contribution in [3.05, 3.63) is 46.5 Å². The molecule has 0 radical (unpaired) electrons. The van der Waals surface area contributed by atoms with E-state index in [1.807, 2.05) is 0 Å².